The number of nitrogens with one attached hydrogen (secondary N) is 1. The Labute approximate surface area is 109 Å². The minimum absolute atomic E-state index is 0.0858. The van der Waals surface area contributed by atoms with Gasteiger partial charge in [0.2, 0.25) is 0 Å². The molecule has 1 aromatic carbocycles. The number of aromatic nitrogens is 2. The van der Waals surface area contributed by atoms with Gasteiger partial charge in [-0.05, 0) is 19.4 Å². The van der Waals surface area contributed by atoms with Crippen molar-refractivity contribution >= 4 is 0 Å². The van der Waals surface area contributed by atoms with E-state index < -0.39 is 6.43 Å². The molecular weight excluding hydrogens is 250 g/mol. The summed E-state index contributed by atoms with van der Waals surface area (Å²) in [6.45, 7) is 3.62. The summed E-state index contributed by atoms with van der Waals surface area (Å²) < 4.78 is 25.3. The Morgan fingerprint density at radius 2 is 2.11 bits per heavy atom. The van der Waals surface area contributed by atoms with Gasteiger partial charge in [0, 0.05) is 22.4 Å². The van der Waals surface area contributed by atoms with Crippen LogP contribution in [0.25, 0.3) is 11.4 Å². The average Bonchev–Trinajstić information content (AvgIpc) is 2.38. The molecule has 0 fully saturated rings. The molecule has 1 heterocycles. The Kier molecular flexibility index (Phi) is 3.74. The number of alkyl halides is 2. The maximum atomic E-state index is 12.6. The highest BCUT2D eigenvalue weighted by molar-refractivity contribution is 5.56. The van der Waals surface area contributed by atoms with Crippen LogP contribution in [0.15, 0.2) is 29.1 Å². The molecule has 0 aliphatic rings. The highest BCUT2D eigenvalue weighted by Gasteiger charge is 2.11. The second-order valence-corrected chi connectivity index (χ2v) is 4.26. The first-order chi connectivity index (χ1) is 9.02. The van der Waals surface area contributed by atoms with Gasteiger partial charge in [0.05, 0.1) is 0 Å². The van der Waals surface area contributed by atoms with Crippen molar-refractivity contribution in [3.63, 3.8) is 0 Å². The van der Waals surface area contributed by atoms with E-state index in [-0.39, 0.29) is 11.1 Å². The topological polar surface area (TPSA) is 45.8 Å². The predicted molar refractivity (Wildman–Crippen MR) is 69.4 cm³/mol. The highest BCUT2D eigenvalue weighted by atomic mass is 19.3. The first-order valence-electron chi connectivity index (χ1n) is 6.01. The molecule has 0 amide bonds. The molecule has 0 bridgehead atoms. The van der Waals surface area contributed by atoms with E-state index >= 15 is 0 Å². The summed E-state index contributed by atoms with van der Waals surface area (Å²) in [7, 11) is 0. The van der Waals surface area contributed by atoms with E-state index in [1.807, 2.05) is 6.92 Å². The largest absolute Gasteiger partial charge is 0.306 e. The van der Waals surface area contributed by atoms with Crippen LogP contribution in [-0.2, 0) is 6.42 Å². The smallest absolute Gasteiger partial charge is 0.263 e. The van der Waals surface area contributed by atoms with Crippen molar-refractivity contribution in [3.8, 4) is 11.4 Å². The Hall–Kier alpha value is -2.04. The molecule has 100 valence electrons. The van der Waals surface area contributed by atoms with Crippen molar-refractivity contribution < 1.29 is 8.78 Å². The minimum Gasteiger partial charge on any atom is -0.306 e. The summed E-state index contributed by atoms with van der Waals surface area (Å²) >= 11 is 0. The third kappa shape index (κ3) is 2.70. The molecule has 0 aliphatic heterocycles. The predicted octanol–water partition coefficient (Wildman–Crippen LogP) is 3.25. The molecule has 5 heteroatoms. The lowest BCUT2D eigenvalue weighted by molar-refractivity contribution is 0.151. The van der Waals surface area contributed by atoms with Crippen LogP contribution in [0.2, 0.25) is 0 Å². The van der Waals surface area contributed by atoms with E-state index in [1.54, 1.807) is 13.0 Å². The molecule has 3 nitrogen and oxygen atoms in total. The zero-order chi connectivity index (χ0) is 14.0. The maximum Gasteiger partial charge on any atom is 0.263 e. The number of rotatable bonds is 3. The normalized spacial score (nSPS) is 11.0. The van der Waals surface area contributed by atoms with E-state index in [9.17, 15) is 13.6 Å². The first kappa shape index (κ1) is 13.4. The molecule has 2 aromatic rings. The van der Waals surface area contributed by atoms with Crippen molar-refractivity contribution in [1.29, 1.82) is 0 Å². The van der Waals surface area contributed by atoms with E-state index in [2.05, 4.69) is 9.97 Å². The number of benzene rings is 1. The maximum absolute atomic E-state index is 12.6. The molecule has 0 aliphatic carbocycles. The third-order valence-electron chi connectivity index (χ3n) is 2.99. The summed E-state index contributed by atoms with van der Waals surface area (Å²) in [6, 6.07) is 5.86. The number of hydrogen-bond acceptors (Lipinski definition) is 2. The molecule has 2 rings (SSSR count). The van der Waals surface area contributed by atoms with E-state index in [4.69, 9.17) is 0 Å². The zero-order valence-corrected chi connectivity index (χ0v) is 10.7. The van der Waals surface area contributed by atoms with Gasteiger partial charge in [-0.2, -0.15) is 0 Å². The van der Waals surface area contributed by atoms with Crippen molar-refractivity contribution in [2.45, 2.75) is 26.7 Å². The number of nitrogens with zero attached hydrogens (tertiary/aromatic N) is 1. The Morgan fingerprint density at radius 1 is 1.37 bits per heavy atom. The molecule has 0 radical (unpaired) electrons. The fraction of sp³-hybridized carbons (Fsp3) is 0.286. The van der Waals surface area contributed by atoms with Gasteiger partial charge in [-0.3, -0.25) is 4.79 Å². The molecule has 1 N–H and O–H groups in total. The first-order valence-corrected chi connectivity index (χ1v) is 6.01. The van der Waals surface area contributed by atoms with Gasteiger partial charge in [-0.25, -0.2) is 13.8 Å². The summed E-state index contributed by atoms with van der Waals surface area (Å²) in [5, 5.41) is 0. The summed E-state index contributed by atoms with van der Waals surface area (Å²) in [6.07, 6.45) is -1.95. The molecule has 0 saturated carbocycles. The number of H-pyrrole nitrogens is 1. The van der Waals surface area contributed by atoms with Crippen LogP contribution in [-0.4, -0.2) is 9.97 Å². The van der Waals surface area contributed by atoms with Gasteiger partial charge in [-0.1, -0.05) is 25.1 Å². The Bertz CT molecular complexity index is 650. The minimum atomic E-state index is -2.54. The Morgan fingerprint density at radius 3 is 2.68 bits per heavy atom. The SMILES string of the molecule is CCc1c(C)nc(-c2cccc(C(F)F)c2)[nH]c1=O. The number of hydrogen-bond donors (Lipinski definition) is 1. The lowest BCUT2D eigenvalue weighted by atomic mass is 10.1. The summed E-state index contributed by atoms with van der Waals surface area (Å²) in [4.78, 5) is 18.8. The van der Waals surface area contributed by atoms with Crippen LogP contribution in [0.5, 0.6) is 0 Å². The molecule has 0 spiro atoms. The van der Waals surface area contributed by atoms with E-state index in [0.29, 0.717) is 29.1 Å². The second-order valence-electron chi connectivity index (χ2n) is 4.26. The van der Waals surface area contributed by atoms with Crippen LogP contribution in [0.3, 0.4) is 0 Å². The highest BCUT2D eigenvalue weighted by Crippen LogP contribution is 2.23. The van der Waals surface area contributed by atoms with Crippen LogP contribution in [0.4, 0.5) is 8.78 Å². The van der Waals surface area contributed by atoms with Crippen LogP contribution >= 0.6 is 0 Å². The Balaban J connectivity index is 2.54. The number of halogens is 2. The van der Waals surface area contributed by atoms with Crippen molar-refractivity contribution in [1.82, 2.24) is 9.97 Å². The van der Waals surface area contributed by atoms with Crippen molar-refractivity contribution in [2.75, 3.05) is 0 Å². The fourth-order valence-corrected chi connectivity index (χ4v) is 1.99. The second kappa shape index (κ2) is 5.30. The van der Waals surface area contributed by atoms with Crippen molar-refractivity contribution in [3.05, 3.63) is 51.4 Å². The van der Waals surface area contributed by atoms with E-state index in [1.165, 1.54) is 18.2 Å². The summed E-state index contributed by atoms with van der Waals surface area (Å²) in [5.74, 6) is 0.321. The van der Waals surface area contributed by atoms with Crippen molar-refractivity contribution in [2.24, 2.45) is 0 Å². The third-order valence-corrected chi connectivity index (χ3v) is 2.99. The standard InChI is InChI=1S/C14H14F2N2O/c1-3-11-8(2)17-13(18-14(11)19)10-6-4-5-9(7-10)12(15)16/h4-7,12H,3H2,1-2H3,(H,17,18,19). The fourth-order valence-electron chi connectivity index (χ4n) is 1.99. The van der Waals surface area contributed by atoms with Gasteiger partial charge in [0.15, 0.2) is 0 Å². The summed E-state index contributed by atoms with van der Waals surface area (Å²) in [5.41, 5.74) is 1.43. The lowest BCUT2D eigenvalue weighted by Crippen LogP contribution is -2.16. The molecule has 0 unspecified atom stereocenters. The lowest BCUT2D eigenvalue weighted by Gasteiger charge is -2.07. The van der Waals surface area contributed by atoms with Crippen LogP contribution in [0, 0.1) is 6.92 Å². The molecule has 0 atom stereocenters. The van der Waals surface area contributed by atoms with Gasteiger partial charge in [-0.15, -0.1) is 0 Å². The molecular formula is C14H14F2N2O. The quantitative estimate of drug-likeness (QED) is 0.925. The average molecular weight is 264 g/mol. The monoisotopic (exact) mass is 264 g/mol. The number of aromatic amines is 1. The zero-order valence-electron chi connectivity index (χ0n) is 10.7. The van der Waals surface area contributed by atoms with Crippen LogP contribution < -0.4 is 5.56 Å². The van der Waals surface area contributed by atoms with Gasteiger partial charge < -0.3 is 4.98 Å². The number of aryl methyl sites for hydroxylation is 1. The van der Waals surface area contributed by atoms with Gasteiger partial charge in [0.1, 0.15) is 5.82 Å². The van der Waals surface area contributed by atoms with Crippen LogP contribution in [0.1, 0.15) is 30.2 Å². The van der Waals surface area contributed by atoms with Gasteiger partial charge in [0.25, 0.3) is 12.0 Å². The van der Waals surface area contributed by atoms with Gasteiger partial charge >= 0.3 is 0 Å². The van der Waals surface area contributed by atoms with E-state index in [0.717, 1.165) is 0 Å². The molecule has 19 heavy (non-hydrogen) atoms. The molecule has 0 saturated heterocycles. The molecule has 1 aromatic heterocycles.